The number of anilines is 1. The predicted octanol–water partition coefficient (Wildman–Crippen LogP) is 4.80. The van der Waals surface area contributed by atoms with Gasteiger partial charge in [-0.05, 0) is 54.8 Å². The Hall–Kier alpha value is -3.35. The van der Waals surface area contributed by atoms with Crippen LogP contribution in [0.3, 0.4) is 0 Å². The SMILES string of the molecule is COc1ccc(C)c2sc(N(CCCN3CCOCC3)C(=O)c3ccc(S(=O)(=O)N(C)Cc4ccccc4)cc3)nc12. The van der Waals surface area contributed by atoms with Gasteiger partial charge in [0.25, 0.3) is 5.91 Å². The lowest BCUT2D eigenvalue weighted by Crippen LogP contribution is -2.39. The number of thiazole rings is 1. The van der Waals surface area contributed by atoms with Crippen molar-refractivity contribution in [1.29, 1.82) is 0 Å². The summed E-state index contributed by atoms with van der Waals surface area (Å²) in [5.41, 5.74) is 3.08. The Morgan fingerprint density at radius 3 is 2.45 bits per heavy atom. The number of hydrogen-bond acceptors (Lipinski definition) is 8. The van der Waals surface area contributed by atoms with E-state index in [1.165, 1.54) is 27.8 Å². The minimum atomic E-state index is -3.74. The zero-order valence-electron chi connectivity index (χ0n) is 24.2. The van der Waals surface area contributed by atoms with Gasteiger partial charge in [-0.15, -0.1) is 0 Å². The molecule has 11 heteroatoms. The number of aryl methyl sites for hydroxylation is 1. The molecule has 1 aromatic heterocycles. The molecule has 1 aliphatic rings. The maximum Gasteiger partial charge on any atom is 0.260 e. The first-order chi connectivity index (χ1) is 20.3. The molecule has 0 unspecified atom stereocenters. The second-order valence-electron chi connectivity index (χ2n) is 10.3. The van der Waals surface area contributed by atoms with Gasteiger partial charge in [-0.3, -0.25) is 14.6 Å². The second-order valence-corrected chi connectivity index (χ2v) is 13.3. The monoisotopic (exact) mass is 608 g/mol. The number of hydrogen-bond donors (Lipinski definition) is 0. The number of carbonyl (C=O) groups excluding carboxylic acids is 1. The fourth-order valence-corrected chi connectivity index (χ4v) is 7.21. The molecule has 2 heterocycles. The number of carbonyl (C=O) groups is 1. The van der Waals surface area contributed by atoms with Crippen LogP contribution in [0.1, 0.15) is 27.9 Å². The summed E-state index contributed by atoms with van der Waals surface area (Å²) < 4.78 is 39.8. The summed E-state index contributed by atoms with van der Waals surface area (Å²) in [6.45, 7) is 6.76. The van der Waals surface area contributed by atoms with Gasteiger partial charge < -0.3 is 9.47 Å². The molecule has 5 rings (SSSR count). The minimum Gasteiger partial charge on any atom is -0.494 e. The molecule has 0 saturated carbocycles. The lowest BCUT2D eigenvalue weighted by molar-refractivity contribution is 0.0376. The van der Waals surface area contributed by atoms with Gasteiger partial charge in [0.15, 0.2) is 5.13 Å². The highest BCUT2D eigenvalue weighted by molar-refractivity contribution is 7.89. The van der Waals surface area contributed by atoms with Crippen LogP contribution in [0.4, 0.5) is 5.13 Å². The van der Waals surface area contributed by atoms with Gasteiger partial charge in [0.1, 0.15) is 11.3 Å². The molecule has 1 fully saturated rings. The van der Waals surface area contributed by atoms with E-state index in [9.17, 15) is 13.2 Å². The Kier molecular flexibility index (Phi) is 9.54. The Morgan fingerprint density at radius 1 is 1.05 bits per heavy atom. The van der Waals surface area contributed by atoms with E-state index < -0.39 is 10.0 Å². The molecule has 0 bridgehead atoms. The van der Waals surface area contributed by atoms with E-state index >= 15 is 0 Å². The first-order valence-electron chi connectivity index (χ1n) is 13.9. The third-order valence-electron chi connectivity index (χ3n) is 7.41. The quantitative estimate of drug-likeness (QED) is 0.242. The Balaban J connectivity index is 1.39. The molecular weight excluding hydrogens is 572 g/mol. The summed E-state index contributed by atoms with van der Waals surface area (Å²) in [6.07, 6.45) is 0.758. The molecular formula is C31H36N4O5S2. The van der Waals surface area contributed by atoms with Gasteiger partial charge in [-0.1, -0.05) is 47.7 Å². The molecule has 1 saturated heterocycles. The Bertz CT molecular complexity index is 1620. The van der Waals surface area contributed by atoms with E-state index in [-0.39, 0.29) is 17.3 Å². The van der Waals surface area contributed by atoms with Crippen LogP contribution in [0, 0.1) is 6.92 Å². The van der Waals surface area contributed by atoms with Crippen LogP contribution in [0.2, 0.25) is 0 Å². The fourth-order valence-electron chi connectivity index (χ4n) is 4.97. The smallest absolute Gasteiger partial charge is 0.260 e. The van der Waals surface area contributed by atoms with Crippen LogP contribution < -0.4 is 9.64 Å². The summed E-state index contributed by atoms with van der Waals surface area (Å²) in [6, 6.07) is 19.5. The normalized spacial score (nSPS) is 14.4. The molecule has 9 nitrogen and oxygen atoms in total. The summed E-state index contributed by atoms with van der Waals surface area (Å²) in [4.78, 5) is 23.0. The van der Waals surface area contributed by atoms with Crippen molar-refractivity contribution in [1.82, 2.24) is 14.2 Å². The molecule has 1 aliphatic heterocycles. The lowest BCUT2D eigenvalue weighted by atomic mass is 10.2. The van der Waals surface area contributed by atoms with E-state index in [0.29, 0.717) is 23.0 Å². The number of aromatic nitrogens is 1. The Labute approximate surface area is 251 Å². The van der Waals surface area contributed by atoms with Crippen molar-refractivity contribution in [3.05, 3.63) is 83.4 Å². The largest absolute Gasteiger partial charge is 0.494 e. The number of ether oxygens (including phenoxy) is 2. The van der Waals surface area contributed by atoms with Crippen molar-refractivity contribution in [2.24, 2.45) is 0 Å². The Morgan fingerprint density at radius 2 is 1.76 bits per heavy atom. The van der Waals surface area contributed by atoms with E-state index in [0.717, 1.165) is 60.6 Å². The number of rotatable bonds is 11. The van der Waals surface area contributed by atoms with Crippen molar-refractivity contribution < 1.29 is 22.7 Å². The summed E-state index contributed by atoms with van der Waals surface area (Å²) in [5, 5.41) is 0.587. The van der Waals surface area contributed by atoms with Gasteiger partial charge in [0, 0.05) is 45.3 Å². The van der Waals surface area contributed by atoms with Crippen LogP contribution in [0.15, 0.2) is 71.6 Å². The molecule has 1 amide bonds. The number of benzene rings is 3. The third-order valence-corrected chi connectivity index (χ3v) is 10.4. The number of fused-ring (bicyclic) bond motifs is 1. The van der Waals surface area contributed by atoms with Crippen LogP contribution >= 0.6 is 11.3 Å². The standard InChI is InChI=1S/C31H36N4O5S2/c1-23-10-15-27(39-3)28-29(23)41-31(32-28)35(17-7-16-34-18-20-40-21-19-34)30(36)25-11-13-26(14-12-25)42(37,38)33(2)22-24-8-5-4-6-9-24/h4-6,8-15H,7,16-22H2,1-3H3. The molecule has 222 valence electrons. The van der Waals surface area contributed by atoms with Crippen LogP contribution in [0.25, 0.3) is 10.2 Å². The van der Waals surface area contributed by atoms with Crippen molar-refractivity contribution >= 4 is 42.6 Å². The van der Waals surface area contributed by atoms with E-state index in [4.69, 9.17) is 14.5 Å². The molecule has 0 atom stereocenters. The molecule has 0 radical (unpaired) electrons. The molecule has 4 aromatic rings. The number of amides is 1. The fraction of sp³-hybridized carbons (Fsp3) is 0.355. The van der Waals surface area contributed by atoms with E-state index in [2.05, 4.69) is 4.90 Å². The summed E-state index contributed by atoms with van der Waals surface area (Å²) in [7, 11) is -0.571. The molecule has 0 aliphatic carbocycles. The van der Waals surface area contributed by atoms with Gasteiger partial charge >= 0.3 is 0 Å². The van der Waals surface area contributed by atoms with Crippen molar-refractivity contribution in [3.8, 4) is 5.75 Å². The minimum absolute atomic E-state index is 0.136. The van der Waals surface area contributed by atoms with E-state index in [1.807, 2.05) is 49.4 Å². The second kappa shape index (κ2) is 13.3. The third kappa shape index (κ3) is 6.66. The number of sulfonamides is 1. The topological polar surface area (TPSA) is 92.3 Å². The molecule has 0 spiro atoms. The summed E-state index contributed by atoms with van der Waals surface area (Å²) in [5.74, 6) is 0.433. The number of methoxy groups -OCH3 is 1. The first kappa shape index (κ1) is 30.1. The van der Waals surface area contributed by atoms with Gasteiger partial charge in [-0.2, -0.15) is 4.31 Å². The highest BCUT2D eigenvalue weighted by Crippen LogP contribution is 2.37. The average molecular weight is 609 g/mol. The molecule has 0 N–H and O–H groups in total. The van der Waals surface area contributed by atoms with Gasteiger partial charge in [0.05, 0.1) is 29.9 Å². The number of morpholine rings is 1. The zero-order chi connectivity index (χ0) is 29.7. The number of nitrogens with zero attached hydrogens (tertiary/aromatic N) is 4. The van der Waals surface area contributed by atoms with Crippen molar-refractivity contribution in [3.63, 3.8) is 0 Å². The molecule has 42 heavy (non-hydrogen) atoms. The zero-order valence-corrected chi connectivity index (χ0v) is 25.8. The van der Waals surface area contributed by atoms with Crippen molar-refractivity contribution in [2.45, 2.75) is 24.8 Å². The predicted molar refractivity (Wildman–Crippen MR) is 166 cm³/mol. The highest BCUT2D eigenvalue weighted by Gasteiger charge is 2.25. The van der Waals surface area contributed by atoms with E-state index in [1.54, 1.807) is 31.2 Å². The van der Waals surface area contributed by atoms with Crippen molar-refractivity contribution in [2.75, 3.05) is 58.5 Å². The first-order valence-corrected chi connectivity index (χ1v) is 16.2. The van der Waals surface area contributed by atoms with Crippen LogP contribution in [-0.4, -0.2) is 82.1 Å². The maximum atomic E-state index is 13.9. The highest BCUT2D eigenvalue weighted by atomic mass is 32.2. The summed E-state index contributed by atoms with van der Waals surface area (Å²) >= 11 is 1.46. The van der Waals surface area contributed by atoms with Crippen LogP contribution in [0.5, 0.6) is 5.75 Å². The average Bonchev–Trinajstić information content (AvgIpc) is 3.46. The maximum absolute atomic E-state index is 13.9. The van der Waals surface area contributed by atoms with Gasteiger partial charge in [0.2, 0.25) is 10.0 Å². The molecule has 3 aromatic carbocycles. The lowest BCUT2D eigenvalue weighted by Gasteiger charge is -2.27. The van der Waals surface area contributed by atoms with Gasteiger partial charge in [-0.25, -0.2) is 13.4 Å². The van der Waals surface area contributed by atoms with Crippen LogP contribution in [-0.2, 0) is 21.3 Å².